The zero-order valence-corrected chi connectivity index (χ0v) is 16.9. The molecule has 25 heavy (non-hydrogen) atoms. The molecule has 0 aromatic heterocycles. The van der Waals surface area contributed by atoms with Crippen LogP contribution in [0.1, 0.15) is 57.0 Å². The SMILES string of the molecule is Cc1ccccc1C(=O)N1C(CC(C)C)SCC1C(=O)NC(C)(C)C. The predicted molar refractivity (Wildman–Crippen MR) is 105 cm³/mol. The minimum absolute atomic E-state index is 0.0391. The van der Waals surface area contributed by atoms with Gasteiger partial charge in [-0.05, 0) is 51.7 Å². The zero-order valence-electron chi connectivity index (χ0n) is 16.1. The monoisotopic (exact) mass is 362 g/mol. The van der Waals surface area contributed by atoms with Crippen LogP contribution in [-0.4, -0.2) is 39.4 Å². The second-order valence-corrected chi connectivity index (χ2v) is 9.41. The van der Waals surface area contributed by atoms with Gasteiger partial charge in [0.25, 0.3) is 5.91 Å². The fraction of sp³-hybridized carbons (Fsp3) is 0.600. The van der Waals surface area contributed by atoms with E-state index < -0.39 is 6.04 Å². The number of amides is 2. The third-order valence-corrected chi connectivity index (χ3v) is 5.49. The van der Waals surface area contributed by atoms with Crippen LogP contribution in [0.3, 0.4) is 0 Å². The van der Waals surface area contributed by atoms with Gasteiger partial charge in [0.1, 0.15) is 6.04 Å². The molecule has 1 aromatic carbocycles. The molecule has 2 rings (SSSR count). The first-order chi connectivity index (χ1) is 11.6. The molecule has 0 bridgehead atoms. The van der Waals surface area contributed by atoms with E-state index in [1.165, 1.54) is 0 Å². The van der Waals surface area contributed by atoms with Crippen molar-refractivity contribution < 1.29 is 9.59 Å². The standard InChI is InChI=1S/C20H30N2O2S/c1-13(2)11-17-22(19(24)15-10-8-7-9-14(15)3)16(12-25-17)18(23)21-20(4,5)6/h7-10,13,16-17H,11-12H2,1-6H3,(H,21,23). The molecule has 2 amide bonds. The van der Waals surface area contributed by atoms with Gasteiger partial charge in [0.2, 0.25) is 5.91 Å². The highest BCUT2D eigenvalue weighted by atomic mass is 32.2. The van der Waals surface area contributed by atoms with E-state index in [4.69, 9.17) is 0 Å². The molecule has 138 valence electrons. The second kappa shape index (κ2) is 7.81. The van der Waals surface area contributed by atoms with Crippen LogP contribution in [0.15, 0.2) is 24.3 Å². The molecule has 1 aliphatic rings. The van der Waals surface area contributed by atoms with Gasteiger partial charge < -0.3 is 10.2 Å². The zero-order chi connectivity index (χ0) is 18.8. The van der Waals surface area contributed by atoms with Gasteiger partial charge in [-0.3, -0.25) is 9.59 Å². The van der Waals surface area contributed by atoms with E-state index in [1.807, 2.05) is 56.9 Å². The number of nitrogens with zero attached hydrogens (tertiary/aromatic N) is 1. The molecule has 2 unspecified atom stereocenters. The van der Waals surface area contributed by atoms with Gasteiger partial charge >= 0.3 is 0 Å². The number of hydrogen-bond donors (Lipinski definition) is 1. The van der Waals surface area contributed by atoms with Gasteiger partial charge in [-0.2, -0.15) is 0 Å². The minimum Gasteiger partial charge on any atom is -0.350 e. The van der Waals surface area contributed by atoms with Crippen molar-refractivity contribution in [1.82, 2.24) is 10.2 Å². The first kappa shape index (κ1) is 19.8. The number of carbonyl (C=O) groups is 2. The highest BCUT2D eigenvalue weighted by Gasteiger charge is 2.42. The molecule has 0 radical (unpaired) electrons. The molecular weight excluding hydrogens is 332 g/mol. The van der Waals surface area contributed by atoms with Crippen molar-refractivity contribution in [3.8, 4) is 0 Å². The summed E-state index contributed by atoms with van der Waals surface area (Å²) >= 11 is 1.71. The van der Waals surface area contributed by atoms with Gasteiger partial charge in [-0.25, -0.2) is 0 Å². The van der Waals surface area contributed by atoms with Gasteiger partial charge in [-0.15, -0.1) is 11.8 Å². The number of nitrogens with one attached hydrogen (secondary N) is 1. The molecule has 5 heteroatoms. The van der Waals surface area contributed by atoms with Crippen LogP contribution >= 0.6 is 11.8 Å². The maximum atomic E-state index is 13.3. The fourth-order valence-corrected chi connectivity index (χ4v) is 4.67. The van der Waals surface area contributed by atoms with Crippen molar-refractivity contribution in [2.24, 2.45) is 5.92 Å². The largest absolute Gasteiger partial charge is 0.350 e. The second-order valence-electron chi connectivity index (χ2n) is 8.20. The molecule has 2 atom stereocenters. The summed E-state index contributed by atoms with van der Waals surface area (Å²) in [5, 5.41) is 3.08. The van der Waals surface area contributed by atoms with Crippen molar-refractivity contribution in [3.63, 3.8) is 0 Å². The molecule has 1 N–H and O–H groups in total. The summed E-state index contributed by atoms with van der Waals surface area (Å²) < 4.78 is 0. The average molecular weight is 363 g/mol. The van der Waals surface area contributed by atoms with Crippen LogP contribution in [0.5, 0.6) is 0 Å². The number of hydrogen-bond acceptors (Lipinski definition) is 3. The Labute approximate surface area is 155 Å². The van der Waals surface area contributed by atoms with E-state index in [0.29, 0.717) is 17.2 Å². The van der Waals surface area contributed by atoms with Crippen LogP contribution in [0.4, 0.5) is 0 Å². The maximum Gasteiger partial charge on any atom is 0.255 e. The summed E-state index contributed by atoms with van der Waals surface area (Å²) in [6, 6.07) is 7.19. The van der Waals surface area contributed by atoms with Crippen molar-refractivity contribution in [2.75, 3.05) is 5.75 Å². The molecular formula is C20H30N2O2S. The van der Waals surface area contributed by atoms with Crippen molar-refractivity contribution in [3.05, 3.63) is 35.4 Å². The number of aryl methyl sites for hydroxylation is 1. The maximum absolute atomic E-state index is 13.3. The lowest BCUT2D eigenvalue weighted by Gasteiger charge is -2.32. The third kappa shape index (κ3) is 5.00. The lowest BCUT2D eigenvalue weighted by atomic mass is 10.0. The molecule has 4 nitrogen and oxygen atoms in total. The third-order valence-electron chi connectivity index (χ3n) is 4.18. The van der Waals surface area contributed by atoms with Crippen molar-refractivity contribution >= 4 is 23.6 Å². The molecule has 0 spiro atoms. The van der Waals surface area contributed by atoms with E-state index in [1.54, 1.807) is 11.8 Å². The van der Waals surface area contributed by atoms with Crippen molar-refractivity contribution in [1.29, 1.82) is 0 Å². The summed E-state index contributed by atoms with van der Waals surface area (Å²) in [7, 11) is 0. The number of thioether (sulfide) groups is 1. The smallest absolute Gasteiger partial charge is 0.255 e. The summed E-state index contributed by atoms with van der Waals surface area (Å²) in [4.78, 5) is 27.9. The number of benzene rings is 1. The first-order valence-corrected chi connectivity index (χ1v) is 9.97. The van der Waals surface area contributed by atoms with Crippen LogP contribution in [0.2, 0.25) is 0 Å². The predicted octanol–water partition coefficient (Wildman–Crippen LogP) is 3.84. The molecule has 1 saturated heterocycles. The number of rotatable bonds is 4. The molecule has 0 saturated carbocycles. The van der Waals surface area contributed by atoms with Gasteiger partial charge in [0, 0.05) is 16.9 Å². The highest BCUT2D eigenvalue weighted by molar-refractivity contribution is 8.00. The van der Waals surface area contributed by atoms with Crippen LogP contribution < -0.4 is 5.32 Å². The number of carbonyl (C=O) groups excluding carboxylic acids is 2. The summed E-state index contributed by atoms with van der Waals surface area (Å²) in [6.07, 6.45) is 0.890. The molecule has 1 heterocycles. The van der Waals surface area contributed by atoms with E-state index in [2.05, 4.69) is 19.2 Å². The average Bonchev–Trinajstić information content (AvgIpc) is 2.88. The fourth-order valence-electron chi connectivity index (χ4n) is 3.03. The Morgan fingerprint density at radius 1 is 1.28 bits per heavy atom. The lowest BCUT2D eigenvalue weighted by molar-refractivity contribution is -0.126. The molecule has 0 aliphatic carbocycles. The Morgan fingerprint density at radius 2 is 1.92 bits per heavy atom. The quantitative estimate of drug-likeness (QED) is 0.885. The summed E-state index contributed by atoms with van der Waals surface area (Å²) in [5.74, 6) is 1.02. The van der Waals surface area contributed by atoms with E-state index in [9.17, 15) is 9.59 Å². The Bertz CT molecular complexity index is 637. The van der Waals surface area contributed by atoms with Crippen LogP contribution in [0, 0.1) is 12.8 Å². The first-order valence-electron chi connectivity index (χ1n) is 8.92. The molecule has 1 aliphatic heterocycles. The van der Waals surface area contributed by atoms with Gasteiger partial charge in [-0.1, -0.05) is 32.0 Å². The summed E-state index contributed by atoms with van der Waals surface area (Å²) in [6.45, 7) is 12.1. The lowest BCUT2D eigenvalue weighted by Crippen LogP contribution is -2.54. The highest BCUT2D eigenvalue weighted by Crippen LogP contribution is 2.35. The van der Waals surface area contributed by atoms with Crippen molar-refractivity contribution in [2.45, 2.75) is 64.9 Å². The van der Waals surface area contributed by atoms with Crippen LogP contribution in [0.25, 0.3) is 0 Å². The molecule has 1 fully saturated rings. The normalized spacial score (nSPS) is 20.8. The van der Waals surface area contributed by atoms with Crippen LogP contribution in [-0.2, 0) is 4.79 Å². The van der Waals surface area contributed by atoms with Gasteiger partial charge in [0.05, 0.1) is 5.37 Å². The summed E-state index contributed by atoms with van der Waals surface area (Å²) in [5.41, 5.74) is 1.32. The Balaban J connectivity index is 2.32. The Kier molecular flexibility index (Phi) is 6.20. The van der Waals surface area contributed by atoms with E-state index >= 15 is 0 Å². The Morgan fingerprint density at radius 3 is 2.48 bits per heavy atom. The Hall–Kier alpha value is -1.49. The molecule has 1 aromatic rings. The minimum atomic E-state index is -0.417. The van der Waals surface area contributed by atoms with E-state index in [0.717, 1.165) is 12.0 Å². The van der Waals surface area contributed by atoms with Gasteiger partial charge in [0.15, 0.2) is 0 Å². The van der Waals surface area contributed by atoms with E-state index in [-0.39, 0.29) is 22.7 Å². The topological polar surface area (TPSA) is 49.4 Å².